The second kappa shape index (κ2) is 4.93. The van der Waals surface area contributed by atoms with Crippen LogP contribution < -0.4 is 5.73 Å². The number of hydrogen-bond donors (Lipinski definition) is 1. The first kappa shape index (κ1) is 11.6. The molecule has 0 spiro atoms. The van der Waals surface area contributed by atoms with Gasteiger partial charge in [0.05, 0.1) is 0 Å². The molecule has 0 saturated carbocycles. The Morgan fingerprint density at radius 3 is 2.69 bits per heavy atom. The van der Waals surface area contributed by atoms with Gasteiger partial charge in [-0.1, -0.05) is 6.07 Å². The standard InChI is InChI=1S/C13H21N3/c1-16-10-6-13(5-8-14,7-11-16)12-4-2-3-9-15-12/h2-4,9H,5-8,10-11,14H2,1H3. The molecule has 0 unspecified atom stereocenters. The van der Waals surface area contributed by atoms with Gasteiger partial charge in [0.2, 0.25) is 0 Å². The summed E-state index contributed by atoms with van der Waals surface area (Å²) in [5, 5.41) is 0. The largest absolute Gasteiger partial charge is 0.330 e. The molecule has 3 heteroatoms. The zero-order valence-corrected chi connectivity index (χ0v) is 10.0. The molecule has 0 radical (unpaired) electrons. The minimum absolute atomic E-state index is 0.225. The predicted octanol–water partition coefficient (Wildman–Crippen LogP) is 1.39. The maximum atomic E-state index is 5.78. The van der Waals surface area contributed by atoms with Crippen LogP contribution in [0.2, 0.25) is 0 Å². The van der Waals surface area contributed by atoms with Crippen LogP contribution in [0.15, 0.2) is 24.4 Å². The number of aromatic nitrogens is 1. The summed E-state index contributed by atoms with van der Waals surface area (Å²) in [7, 11) is 2.19. The SMILES string of the molecule is CN1CCC(CCN)(c2ccccn2)CC1. The molecular formula is C13H21N3. The summed E-state index contributed by atoms with van der Waals surface area (Å²) in [6.07, 6.45) is 5.30. The molecule has 3 nitrogen and oxygen atoms in total. The third-order valence-corrected chi connectivity index (χ3v) is 3.78. The second-order valence-electron chi connectivity index (χ2n) is 4.84. The number of piperidine rings is 1. The third kappa shape index (κ3) is 2.25. The number of pyridine rings is 1. The normalized spacial score (nSPS) is 20.9. The second-order valence-corrected chi connectivity index (χ2v) is 4.84. The van der Waals surface area contributed by atoms with Gasteiger partial charge in [-0.25, -0.2) is 0 Å². The van der Waals surface area contributed by atoms with E-state index in [-0.39, 0.29) is 5.41 Å². The smallest absolute Gasteiger partial charge is 0.0466 e. The highest BCUT2D eigenvalue weighted by Crippen LogP contribution is 2.36. The third-order valence-electron chi connectivity index (χ3n) is 3.78. The van der Waals surface area contributed by atoms with Gasteiger partial charge in [0.1, 0.15) is 0 Å². The van der Waals surface area contributed by atoms with E-state index < -0.39 is 0 Å². The Hall–Kier alpha value is -0.930. The van der Waals surface area contributed by atoms with Crippen molar-refractivity contribution < 1.29 is 0 Å². The molecule has 1 aromatic rings. The van der Waals surface area contributed by atoms with E-state index in [1.54, 1.807) is 0 Å². The number of hydrogen-bond acceptors (Lipinski definition) is 3. The monoisotopic (exact) mass is 219 g/mol. The molecule has 1 aliphatic rings. The van der Waals surface area contributed by atoms with Gasteiger partial charge in [0, 0.05) is 17.3 Å². The summed E-state index contributed by atoms with van der Waals surface area (Å²) in [4.78, 5) is 6.93. The number of rotatable bonds is 3. The lowest BCUT2D eigenvalue weighted by Crippen LogP contribution is -2.42. The maximum Gasteiger partial charge on any atom is 0.0466 e. The lowest BCUT2D eigenvalue weighted by molar-refractivity contribution is 0.176. The van der Waals surface area contributed by atoms with Gasteiger partial charge in [-0.15, -0.1) is 0 Å². The first-order valence-corrected chi connectivity index (χ1v) is 6.07. The van der Waals surface area contributed by atoms with Crippen LogP contribution in [0.3, 0.4) is 0 Å². The van der Waals surface area contributed by atoms with E-state index in [2.05, 4.69) is 29.1 Å². The number of nitrogens with two attached hydrogens (primary N) is 1. The first-order chi connectivity index (χ1) is 7.77. The number of likely N-dealkylation sites (tertiary alicyclic amines) is 1. The average molecular weight is 219 g/mol. The molecule has 0 atom stereocenters. The molecule has 88 valence electrons. The van der Waals surface area contributed by atoms with Crippen molar-refractivity contribution in [1.29, 1.82) is 0 Å². The lowest BCUT2D eigenvalue weighted by atomic mass is 9.73. The molecule has 16 heavy (non-hydrogen) atoms. The van der Waals surface area contributed by atoms with E-state index in [4.69, 9.17) is 5.73 Å². The summed E-state index contributed by atoms with van der Waals surface area (Å²) in [6.45, 7) is 3.05. The van der Waals surface area contributed by atoms with E-state index in [0.717, 1.165) is 26.1 Å². The van der Waals surface area contributed by atoms with Gasteiger partial charge in [-0.3, -0.25) is 4.98 Å². The minimum Gasteiger partial charge on any atom is -0.330 e. The maximum absolute atomic E-state index is 5.78. The van der Waals surface area contributed by atoms with E-state index in [0.29, 0.717) is 0 Å². The highest BCUT2D eigenvalue weighted by molar-refractivity contribution is 5.18. The van der Waals surface area contributed by atoms with Gasteiger partial charge in [-0.05, 0) is 58.1 Å². The summed E-state index contributed by atoms with van der Waals surface area (Å²) < 4.78 is 0. The zero-order chi connectivity index (χ0) is 11.4. The molecule has 1 fully saturated rings. The fraction of sp³-hybridized carbons (Fsp3) is 0.615. The molecule has 2 rings (SSSR count). The molecular weight excluding hydrogens is 198 g/mol. The van der Waals surface area contributed by atoms with E-state index in [1.165, 1.54) is 18.5 Å². The van der Waals surface area contributed by atoms with Gasteiger partial charge in [0.25, 0.3) is 0 Å². The van der Waals surface area contributed by atoms with Crippen LogP contribution in [0, 0.1) is 0 Å². The quantitative estimate of drug-likeness (QED) is 0.835. The fourth-order valence-corrected chi connectivity index (χ4v) is 2.63. The predicted molar refractivity (Wildman–Crippen MR) is 66.3 cm³/mol. The minimum atomic E-state index is 0.225. The molecule has 2 N–H and O–H groups in total. The van der Waals surface area contributed by atoms with Crippen molar-refractivity contribution in [1.82, 2.24) is 9.88 Å². The molecule has 0 amide bonds. The van der Waals surface area contributed by atoms with Crippen molar-refractivity contribution in [3.8, 4) is 0 Å². The first-order valence-electron chi connectivity index (χ1n) is 6.07. The van der Waals surface area contributed by atoms with Crippen molar-refractivity contribution in [2.24, 2.45) is 5.73 Å². The topological polar surface area (TPSA) is 42.1 Å². The van der Waals surface area contributed by atoms with Crippen molar-refractivity contribution >= 4 is 0 Å². The van der Waals surface area contributed by atoms with E-state index >= 15 is 0 Å². The summed E-state index contributed by atoms with van der Waals surface area (Å²) >= 11 is 0. The Kier molecular flexibility index (Phi) is 3.56. The summed E-state index contributed by atoms with van der Waals surface area (Å²) in [5.74, 6) is 0. The van der Waals surface area contributed by atoms with E-state index in [9.17, 15) is 0 Å². The van der Waals surface area contributed by atoms with Gasteiger partial charge < -0.3 is 10.6 Å². The van der Waals surface area contributed by atoms with Crippen molar-refractivity contribution in [3.63, 3.8) is 0 Å². The van der Waals surface area contributed by atoms with Gasteiger partial charge >= 0.3 is 0 Å². The fourth-order valence-electron chi connectivity index (χ4n) is 2.63. The Morgan fingerprint density at radius 2 is 2.12 bits per heavy atom. The van der Waals surface area contributed by atoms with Crippen LogP contribution in [-0.4, -0.2) is 36.6 Å². The molecule has 0 bridgehead atoms. The highest BCUT2D eigenvalue weighted by Gasteiger charge is 2.35. The van der Waals surface area contributed by atoms with Crippen molar-refractivity contribution in [2.45, 2.75) is 24.7 Å². The van der Waals surface area contributed by atoms with Crippen molar-refractivity contribution in [3.05, 3.63) is 30.1 Å². The summed E-state index contributed by atoms with van der Waals surface area (Å²) in [6, 6.07) is 6.22. The van der Waals surface area contributed by atoms with Crippen molar-refractivity contribution in [2.75, 3.05) is 26.7 Å². The van der Waals surface area contributed by atoms with Crippen LogP contribution in [-0.2, 0) is 5.41 Å². The van der Waals surface area contributed by atoms with Crippen LogP contribution in [0.25, 0.3) is 0 Å². The van der Waals surface area contributed by atoms with Gasteiger partial charge in [-0.2, -0.15) is 0 Å². The Morgan fingerprint density at radius 1 is 1.38 bits per heavy atom. The molecule has 0 aromatic carbocycles. The van der Waals surface area contributed by atoms with Crippen LogP contribution in [0.5, 0.6) is 0 Å². The van der Waals surface area contributed by atoms with Crippen LogP contribution >= 0.6 is 0 Å². The molecule has 0 aliphatic carbocycles. The lowest BCUT2D eigenvalue weighted by Gasteiger charge is -2.40. The Balaban J connectivity index is 2.22. The van der Waals surface area contributed by atoms with Gasteiger partial charge in [0.15, 0.2) is 0 Å². The van der Waals surface area contributed by atoms with Crippen LogP contribution in [0.4, 0.5) is 0 Å². The average Bonchev–Trinajstić information content (AvgIpc) is 2.34. The highest BCUT2D eigenvalue weighted by atomic mass is 15.1. The zero-order valence-electron chi connectivity index (χ0n) is 10.0. The molecule has 1 aromatic heterocycles. The number of nitrogens with zero attached hydrogens (tertiary/aromatic N) is 2. The molecule has 2 heterocycles. The Bertz CT molecular complexity index is 315. The Labute approximate surface area is 97.7 Å². The van der Waals surface area contributed by atoms with E-state index in [1.807, 2.05) is 12.3 Å². The molecule has 1 aliphatic heterocycles. The molecule has 1 saturated heterocycles. The summed E-state index contributed by atoms with van der Waals surface area (Å²) in [5.41, 5.74) is 7.23. The van der Waals surface area contributed by atoms with Crippen LogP contribution in [0.1, 0.15) is 25.0 Å².